The van der Waals surface area contributed by atoms with Crippen molar-refractivity contribution in [2.45, 2.75) is 13.3 Å². The van der Waals surface area contributed by atoms with Gasteiger partial charge in [0.1, 0.15) is 0 Å². The Morgan fingerprint density at radius 3 is 2.32 bits per heavy atom. The normalized spacial score (nSPS) is 15.0. The summed E-state index contributed by atoms with van der Waals surface area (Å²) in [7, 11) is 0. The topological polar surface area (TPSA) is 49.3 Å². The van der Waals surface area contributed by atoms with Crippen LogP contribution in [-0.4, -0.2) is 47.0 Å². The number of benzene rings is 1. The van der Waals surface area contributed by atoms with Crippen LogP contribution in [0.25, 0.3) is 0 Å². The van der Waals surface area contributed by atoms with Crippen molar-refractivity contribution in [1.29, 1.82) is 0 Å². The van der Waals surface area contributed by atoms with Crippen molar-refractivity contribution >= 4 is 11.9 Å². The zero-order valence-electron chi connectivity index (χ0n) is 12.8. The molecule has 0 atom stereocenters. The Bertz CT molecular complexity index is 619. The zero-order valence-corrected chi connectivity index (χ0v) is 12.8. The van der Waals surface area contributed by atoms with Gasteiger partial charge in [-0.3, -0.25) is 4.79 Å². The van der Waals surface area contributed by atoms with Gasteiger partial charge in [-0.15, -0.1) is 0 Å². The molecule has 1 amide bonds. The Hall–Kier alpha value is -2.43. The first kappa shape index (κ1) is 14.5. The zero-order chi connectivity index (χ0) is 15.4. The second kappa shape index (κ2) is 6.56. The van der Waals surface area contributed by atoms with Crippen LogP contribution in [0.3, 0.4) is 0 Å². The van der Waals surface area contributed by atoms with Gasteiger partial charge in [0.05, 0.1) is 6.42 Å². The quantitative estimate of drug-likeness (QED) is 0.864. The number of aromatic nitrogens is 2. The van der Waals surface area contributed by atoms with Gasteiger partial charge >= 0.3 is 0 Å². The Labute approximate surface area is 130 Å². The van der Waals surface area contributed by atoms with Crippen molar-refractivity contribution in [2.75, 3.05) is 31.1 Å². The van der Waals surface area contributed by atoms with Crippen molar-refractivity contribution < 1.29 is 4.79 Å². The van der Waals surface area contributed by atoms with Crippen molar-refractivity contribution in [3.8, 4) is 0 Å². The maximum Gasteiger partial charge on any atom is 0.227 e. The summed E-state index contributed by atoms with van der Waals surface area (Å²) in [6.45, 7) is 5.07. The highest BCUT2D eigenvalue weighted by Crippen LogP contribution is 2.11. The molecule has 2 heterocycles. The van der Waals surface area contributed by atoms with E-state index in [0.717, 1.165) is 37.7 Å². The van der Waals surface area contributed by atoms with Crippen molar-refractivity contribution in [3.63, 3.8) is 0 Å². The molecule has 0 saturated carbocycles. The van der Waals surface area contributed by atoms with E-state index in [0.29, 0.717) is 6.42 Å². The van der Waals surface area contributed by atoms with E-state index in [1.54, 1.807) is 12.4 Å². The van der Waals surface area contributed by atoms with Crippen LogP contribution >= 0.6 is 0 Å². The second-order valence-corrected chi connectivity index (χ2v) is 5.58. The molecule has 1 aliphatic heterocycles. The number of carbonyl (C=O) groups is 1. The molecule has 0 spiro atoms. The van der Waals surface area contributed by atoms with Gasteiger partial charge in [0.25, 0.3) is 0 Å². The second-order valence-electron chi connectivity index (χ2n) is 5.58. The van der Waals surface area contributed by atoms with E-state index in [4.69, 9.17) is 0 Å². The summed E-state index contributed by atoms with van der Waals surface area (Å²) in [4.78, 5) is 24.9. The van der Waals surface area contributed by atoms with Crippen LogP contribution in [0.2, 0.25) is 0 Å². The Balaban J connectivity index is 1.54. The molecule has 114 valence electrons. The average Bonchev–Trinajstić information content (AvgIpc) is 2.58. The first-order chi connectivity index (χ1) is 10.7. The van der Waals surface area contributed by atoms with Gasteiger partial charge in [-0.25, -0.2) is 9.97 Å². The molecule has 0 radical (unpaired) electrons. The van der Waals surface area contributed by atoms with Gasteiger partial charge in [-0.05, 0) is 18.6 Å². The standard InChI is InChI=1S/C17H20N4O/c1-14-3-5-15(6-4-14)13-16(22)20-9-11-21(12-10-20)17-18-7-2-8-19-17/h2-8H,9-13H2,1H3. The van der Waals surface area contributed by atoms with Gasteiger partial charge in [0, 0.05) is 38.6 Å². The Morgan fingerprint density at radius 1 is 1.05 bits per heavy atom. The highest BCUT2D eigenvalue weighted by atomic mass is 16.2. The fourth-order valence-electron chi connectivity index (χ4n) is 2.60. The molecule has 1 fully saturated rings. The molecule has 1 saturated heterocycles. The summed E-state index contributed by atoms with van der Waals surface area (Å²) in [5.41, 5.74) is 2.29. The minimum Gasteiger partial charge on any atom is -0.339 e. The van der Waals surface area contributed by atoms with Crippen LogP contribution in [0.4, 0.5) is 5.95 Å². The molecule has 5 heteroatoms. The van der Waals surface area contributed by atoms with Crippen molar-refractivity contribution in [2.24, 2.45) is 0 Å². The lowest BCUT2D eigenvalue weighted by atomic mass is 10.1. The van der Waals surface area contributed by atoms with Crippen LogP contribution in [0.5, 0.6) is 0 Å². The molecule has 1 aliphatic rings. The van der Waals surface area contributed by atoms with E-state index in [1.165, 1.54) is 5.56 Å². The molecule has 0 N–H and O–H groups in total. The van der Waals surface area contributed by atoms with Crippen LogP contribution in [0, 0.1) is 6.92 Å². The van der Waals surface area contributed by atoms with E-state index in [2.05, 4.69) is 21.8 Å². The Kier molecular flexibility index (Phi) is 4.32. The van der Waals surface area contributed by atoms with Gasteiger partial charge in [-0.1, -0.05) is 29.8 Å². The molecule has 22 heavy (non-hydrogen) atoms. The number of amides is 1. The average molecular weight is 296 g/mol. The highest BCUT2D eigenvalue weighted by molar-refractivity contribution is 5.79. The lowest BCUT2D eigenvalue weighted by Gasteiger charge is -2.34. The molecule has 5 nitrogen and oxygen atoms in total. The number of carbonyl (C=O) groups excluding carboxylic acids is 1. The molecule has 0 aliphatic carbocycles. The monoisotopic (exact) mass is 296 g/mol. The van der Waals surface area contributed by atoms with Gasteiger partial charge in [0.2, 0.25) is 11.9 Å². The number of hydrogen-bond acceptors (Lipinski definition) is 4. The van der Waals surface area contributed by atoms with Gasteiger partial charge in [-0.2, -0.15) is 0 Å². The predicted octanol–water partition coefficient (Wildman–Crippen LogP) is 1.68. The summed E-state index contributed by atoms with van der Waals surface area (Å²) < 4.78 is 0. The van der Waals surface area contributed by atoms with E-state index in [9.17, 15) is 4.79 Å². The summed E-state index contributed by atoms with van der Waals surface area (Å²) in [6, 6.07) is 9.97. The molecule has 3 rings (SSSR count). The first-order valence-electron chi connectivity index (χ1n) is 7.58. The van der Waals surface area contributed by atoms with Gasteiger partial charge in [0.15, 0.2) is 0 Å². The third-order valence-corrected chi connectivity index (χ3v) is 3.94. The summed E-state index contributed by atoms with van der Waals surface area (Å²) >= 11 is 0. The maximum atomic E-state index is 12.4. The number of anilines is 1. The van der Waals surface area contributed by atoms with Gasteiger partial charge < -0.3 is 9.80 Å². The van der Waals surface area contributed by atoms with Crippen LogP contribution < -0.4 is 4.90 Å². The summed E-state index contributed by atoms with van der Waals surface area (Å²) in [6.07, 6.45) is 3.97. The van der Waals surface area contributed by atoms with E-state index in [1.807, 2.05) is 35.2 Å². The number of aryl methyl sites for hydroxylation is 1. The van der Waals surface area contributed by atoms with Crippen molar-refractivity contribution in [1.82, 2.24) is 14.9 Å². The number of hydrogen-bond donors (Lipinski definition) is 0. The fourth-order valence-corrected chi connectivity index (χ4v) is 2.60. The molecule has 0 unspecified atom stereocenters. The fraction of sp³-hybridized carbons (Fsp3) is 0.353. The largest absolute Gasteiger partial charge is 0.339 e. The summed E-state index contributed by atoms with van der Waals surface area (Å²) in [5, 5.41) is 0. The third-order valence-electron chi connectivity index (χ3n) is 3.94. The minimum atomic E-state index is 0.192. The molecule has 1 aromatic heterocycles. The molecule has 2 aromatic rings. The minimum absolute atomic E-state index is 0.192. The van der Waals surface area contributed by atoms with E-state index in [-0.39, 0.29) is 5.91 Å². The first-order valence-corrected chi connectivity index (χ1v) is 7.58. The SMILES string of the molecule is Cc1ccc(CC(=O)N2CCN(c3ncccn3)CC2)cc1. The van der Waals surface area contributed by atoms with Crippen LogP contribution in [0.1, 0.15) is 11.1 Å². The lowest BCUT2D eigenvalue weighted by molar-refractivity contribution is -0.130. The van der Waals surface area contributed by atoms with Crippen LogP contribution in [0.15, 0.2) is 42.7 Å². The number of nitrogens with zero attached hydrogens (tertiary/aromatic N) is 4. The van der Waals surface area contributed by atoms with E-state index >= 15 is 0 Å². The van der Waals surface area contributed by atoms with Crippen molar-refractivity contribution in [3.05, 3.63) is 53.9 Å². The van der Waals surface area contributed by atoms with Crippen LogP contribution in [-0.2, 0) is 11.2 Å². The van der Waals surface area contributed by atoms with E-state index < -0.39 is 0 Å². The maximum absolute atomic E-state index is 12.4. The highest BCUT2D eigenvalue weighted by Gasteiger charge is 2.22. The predicted molar refractivity (Wildman–Crippen MR) is 85.7 cm³/mol. The third kappa shape index (κ3) is 3.42. The molecular weight excluding hydrogens is 276 g/mol. The number of piperazine rings is 1. The summed E-state index contributed by atoms with van der Waals surface area (Å²) in [5.74, 6) is 0.936. The number of rotatable bonds is 3. The molecular formula is C17H20N4O. The smallest absolute Gasteiger partial charge is 0.227 e. The molecule has 1 aromatic carbocycles. The molecule has 0 bridgehead atoms. The lowest BCUT2D eigenvalue weighted by Crippen LogP contribution is -2.49. The Morgan fingerprint density at radius 2 is 1.68 bits per heavy atom.